The highest BCUT2D eigenvalue weighted by atomic mass is 16.7. The standard InChI is InChI=1S/C22H17N3O3/c1-14-3-2-10-25-12-18(24-21(14)25)15-4-7-17(8-5-15)23-22(26)16-6-9-19-20(11-16)28-13-27-19/h2-12H,13H2,1H3,(H,23,26). The Morgan fingerprint density at radius 2 is 1.89 bits per heavy atom. The summed E-state index contributed by atoms with van der Waals surface area (Å²) in [6.07, 6.45) is 3.99. The molecule has 138 valence electrons. The molecule has 0 radical (unpaired) electrons. The van der Waals surface area contributed by atoms with Crippen LogP contribution in [0.1, 0.15) is 15.9 Å². The molecular weight excluding hydrogens is 354 g/mol. The molecule has 5 rings (SSSR count). The lowest BCUT2D eigenvalue weighted by Gasteiger charge is -2.07. The number of benzene rings is 2. The Hall–Kier alpha value is -3.80. The number of amides is 1. The van der Waals surface area contributed by atoms with E-state index in [1.54, 1.807) is 18.2 Å². The van der Waals surface area contributed by atoms with Crippen molar-refractivity contribution in [2.24, 2.45) is 0 Å². The Bertz CT molecular complexity index is 1200. The number of imidazole rings is 1. The van der Waals surface area contributed by atoms with Gasteiger partial charge in [-0.25, -0.2) is 4.98 Å². The second-order valence-electron chi connectivity index (χ2n) is 6.65. The lowest BCUT2D eigenvalue weighted by Crippen LogP contribution is -2.11. The topological polar surface area (TPSA) is 64.9 Å². The number of fused-ring (bicyclic) bond motifs is 2. The molecule has 28 heavy (non-hydrogen) atoms. The molecule has 1 amide bonds. The fourth-order valence-electron chi connectivity index (χ4n) is 3.26. The molecule has 0 atom stereocenters. The summed E-state index contributed by atoms with van der Waals surface area (Å²) in [5.74, 6) is 1.04. The van der Waals surface area contributed by atoms with Gasteiger partial charge in [-0.3, -0.25) is 4.79 Å². The SMILES string of the molecule is Cc1cccn2cc(-c3ccc(NC(=O)c4ccc5c(c4)OCO5)cc3)nc12. The second kappa shape index (κ2) is 6.42. The van der Waals surface area contributed by atoms with Gasteiger partial charge in [0.2, 0.25) is 6.79 Å². The van der Waals surface area contributed by atoms with Crippen LogP contribution in [0.2, 0.25) is 0 Å². The summed E-state index contributed by atoms with van der Waals surface area (Å²) in [4.78, 5) is 17.2. The molecule has 0 saturated heterocycles. The fourth-order valence-corrected chi connectivity index (χ4v) is 3.26. The molecule has 6 heteroatoms. The second-order valence-corrected chi connectivity index (χ2v) is 6.65. The molecule has 3 heterocycles. The van der Waals surface area contributed by atoms with Crippen LogP contribution in [0.15, 0.2) is 67.0 Å². The van der Waals surface area contributed by atoms with E-state index in [1.165, 1.54) is 0 Å². The van der Waals surface area contributed by atoms with Gasteiger partial charge < -0.3 is 19.2 Å². The molecule has 0 bridgehead atoms. The van der Waals surface area contributed by atoms with Gasteiger partial charge in [-0.05, 0) is 48.9 Å². The zero-order chi connectivity index (χ0) is 19.1. The number of hydrogen-bond acceptors (Lipinski definition) is 4. The maximum Gasteiger partial charge on any atom is 0.255 e. The van der Waals surface area contributed by atoms with Crippen molar-refractivity contribution in [2.45, 2.75) is 6.92 Å². The summed E-state index contributed by atoms with van der Waals surface area (Å²) in [7, 11) is 0. The van der Waals surface area contributed by atoms with E-state index < -0.39 is 0 Å². The third-order valence-electron chi connectivity index (χ3n) is 4.75. The van der Waals surface area contributed by atoms with Crippen LogP contribution in [0, 0.1) is 6.92 Å². The minimum atomic E-state index is -0.200. The van der Waals surface area contributed by atoms with Gasteiger partial charge in [-0.15, -0.1) is 0 Å². The summed E-state index contributed by atoms with van der Waals surface area (Å²) in [5, 5.41) is 2.90. The molecule has 2 aromatic carbocycles. The van der Waals surface area contributed by atoms with Crippen LogP contribution < -0.4 is 14.8 Å². The van der Waals surface area contributed by atoms with Crippen molar-refractivity contribution in [3.05, 3.63) is 78.1 Å². The first kappa shape index (κ1) is 16.4. The van der Waals surface area contributed by atoms with Crippen LogP contribution >= 0.6 is 0 Å². The number of aryl methyl sites for hydroxylation is 1. The highest BCUT2D eigenvalue weighted by molar-refractivity contribution is 6.04. The van der Waals surface area contributed by atoms with Crippen molar-refractivity contribution in [1.82, 2.24) is 9.38 Å². The first-order valence-corrected chi connectivity index (χ1v) is 8.93. The zero-order valence-corrected chi connectivity index (χ0v) is 15.2. The summed E-state index contributed by atoms with van der Waals surface area (Å²) < 4.78 is 12.6. The molecule has 2 aromatic heterocycles. The molecule has 1 N–H and O–H groups in total. The lowest BCUT2D eigenvalue weighted by atomic mass is 10.1. The number of carbonyl (C=O) groups excluding carboxylic acids is 1. The van der Waals surface area contributed by atoms with Gasteiger partial charge in [0.25, 0.3) is 5.91 Å². The summed E-state index contributed by atoms with van der Waals surface area (Å²) in [5.41, 5.74) is 5.18. The maximum atomic E-state index is 12.5. The number of nitrogens with zero attached hydrogens (tertiary/aromatic N) is 2. The van der Waals surface area contributed by atoms with Crippen molar-refractivity contribution < 1.29 is 14.3 Å². The van der Waals surface area contributed by atoms with Gasteiger partial charge in [-0.2, -0.15) is 0 Å². The third kappa shape index (κ3) is 2.85. The number of ether oxygens (including phenoxy) is 2. The normalized spacial score (nSPS) is 12.3. The Morgan fingerprint density at radius 1 is 1.07 bits per heavy atom. The van der Waals surface area contributed by atoms with Crippen molar-refractivity contribution in [1.29, 1.82) is 0 Å². The van der Waals surface area contributed by atoms with Crippen molar-refractivity contribution >= 4 is 17.2 Å². The quantitative estimate of drug-likeness (QED) is 0.583. The molecule has 4 aromatic rings. The summed E-state index contributed by atoms with van der Waals surface area (Å²) >= 11 is 0. The van der Waals surface area contributed by atoms with E-state index >= 15 is 0 Å². The van der Waals surface area contributed by atoms with Crippen LogP contribution in [0.5, 0.6) is 11.5 Å². The van der Waals surface area contributed by atoms with Crippen molar-refractivity contribution in [2.75, 3.05) is 12.1 Å². The Labute approximate surface area is 161 Å². The van der Waals surface area contributed by atoms with E-state index in [1.807, 2.05) is 60.1 Å². The summed E-state index contributed by atoms with van der Waals surface area (Å²) in [6.45, 7) is 2.23. The van der Waals surface area contributed by atoms with Gasteiger partial charge in [-0.1, -0.05) is 18.2 Å². The first-order valence-electron chi connectivity index (χ1n) is 8.93. The number of nitrogens with one attached hydrogen (secondary N) is 1. The Kier molecular flexibility index (Phi) is 3.76. The number of rotatable bonds is 3. The minimum Gasteiger partial charge on any atom is -0.454 e. The zero-order valence-electron chi connectivity index (χ0n) is 15.2. The van der Waals surface area contributed by atoms with Crippen molar-refractivity contribution in [3.63, 3.8) is 0 Å². The third-order valence-corrected chi connectivity index (χ3v) is 4.75. The molecule has 0 unspecified atom stereocenters. The van der Waals surface area contributed by atoms with E-state index in [0.717, 1.165) is 22.5 Å². The van der Waals surface area contributed by atoms with Crippen LogP contribution in [0.3, 0.4) is 0 Å². The van der Waals surface area contributed by atoms with Crippen molar-refractivity contribution in [3.8, 4) is 22.8 Å². The molecule has 0 fully saturated rings. The van der Waals surface area contributed by atoms with Crippen LogP contribution in [-0.2, 0) is 0 Å². The smallest absolute Gasteiger partial charge is 0.255 e. The van der Waals surface area contributed by atoms with E-state index in [4.69, 9.17) is 14.5 Å². The number of hydrogen-bond donors (Lipinski definition) is 1. The fraction of sp³-hybridized carbons (Fsp3) is 0.0909. The predicted octanol–water partition coefficient (Wildman–Crippen LogP) is 4.29. The average molecular weight is 371 g/mol. The van der Waals surface area contributed by atoms with Gasteiger partial charge in [0.1, 0.15) is 5.65 Å². The number of anilines is 1. The van der Waals surface area contributed by atoms with E-state index in [0.29, 0.717) is 22.7 Å². The molecule has 0 saturated carbocycles. The van der Waals surface area contributed by atoms with E-state index in [-0.39, 0.29) is 12.7 Å². The van der Waals surface area contributed by atoms with Gasteiger partial charge >= 0.3 is 0 Å². The molecule has 6 nitrogen and oxygen atoms in total. The van der Waals surface area contributed by atoms with Crippen LogP contribution in [0.4, 0.5) is 5.69 Å². The summed E-state index contributed by atoms with van der Waals surface area (Å²) in [6, 6.07) is 16.8. The van der Waals surface area contributed by atoms with Gasteiger partial charge in [0.15, 0.2) is 11.5 Å². The minimum absolute atomic E-state index is 0.185. The van der Waals surface area contributed by atoms with Crippen LogP contribution in [-0.4, -0.2) is 22.1 Å². The highest BCUT2D eigenvalue weighted by Gasteiger charge is 2.16. The molecule has 0 spiro atoms. The average Bonchev–Trinajstić information content (AvgIpc) is 3.35. The number of carbonyl (C=O) groups is 1. The largest absolute Gasteiger partial charge is 0.454 e. The van der Waals surface area contributed by atoms with Gasteiger partial charge in [0, 0.05) is 29.2 Å². The Morgan fingerprint density at radius 3 is 2.71 bits per heavy atom. The number of aromatic nitrogens is 2. The Balaban J connectivity index is 1.36. The molecule has 0 aliphatic carbocycles. The molecule has 1 aliphatic rings. The van der Waals surface area contributed by atoms with E-state index in [9.17, 15) is 4.79 Å². The maximum absolute atomic E-state index is 12.5. The molecule has 1 aliphatic heterocycles. The lowest BCUT2D eigenvalue weighted by molar-refractivity contribution is 0.102. The van der Waals surface area contributed by atoms with Gasteiger partial charge in [0.05, 0.1) is 5.69 Å². The first-order chi connectivity index (χ1) is 13.7. The van der Waals surface area contributed by atoms with Crippen LogP contribution in [0.25, 0.3) is 16.9 Å². The molecular formula is C22H17N3O3. The monoisotopic (exact) mass is 371 g/mol. The highest BCUT2D eigenvalue weighted by Crippen LogP contribution is 2.32. The predicted molar refractivity (Wildman–Crippen MR) is 106 cm³/mol. The van der Waals surface area contributed by atoms with E-state index in [2.05, 4.69) is 5.32 Å². The number of pyridine rings is 1.